The second-order valence-electron chi connectivity index (χ2n) is 4.15. The normalized spacial score (nSPS) is 12.9. The average molecular weight is 349 g/mol. The van der Waals surface area contributed by atoms with Crippen molar-refractivity contribution in [3.8, 4) is 0 Å². The fourth-order valence-corrected chi connectivity index (χ4v) is 3.65. The molecule has 0 aromatic carbocycles. The highest BCUT2D eigenvalue weighted by molar-refractivity contribution is 8.15. The number of pyridine rings is 1. The van der Waals surface area contributed by atoms with E-state index < -0.39 is 26.8 Å². The van der Waals surface area contributed by atoms with Gasteiger partial charge in [0.25, 0.3) is 15.0 Å². The first-order valence-corrected chi connectivity index (χ1v) is 8.87. The summed E-state index contributed by atoms with van der Waals surface area (Å²) in [6.07, 6.45) is 0.947. The molecule has 9 heteroatoms. The molecule has 21 heavy (non-hydrogen) atoms. The average Bonchev–Trinajstić information content (AvgIpc) is 2.88. The first-order valence-electron chi connectivity index (χ1n) is 5.74. The Morgan fingerprint density at radius 3 is 2.62 bits per heavy atom. The van der Waals surface area contributed by atoms with Crippen molar-refractivity contribution in [2.45, 2.75) is 17.2 Å². The number of amides is 1. The van der Waals surface area contributed by atoms with Crippen LogP contribution in [0.5, 0.6) is 0 Å². The Morgan fingerprint density at radius 1 is 1.38 bits per heavy atom. The van der Waals surface area contributed by atoms with Gasteiger partial charge in [-0.2, -0.15) is 0 Å². The second-order valence-corrected chi connectivity index (χ2v) is 8.06. The molecule has 0 aliphatic heterocycles. The van der Waals surface area contributed by atoms with Gasteiger partial charge in [0.1, 0.15) is 15.7 Å². The van der Waals surface area contributed by atoms with Crippen molar-refractivity contribution in [2.75, 3.05) is 0 Å². The van der Waals surface area contributed by atoms with Crippen molar-refractivity contribution >= 4 is 37.0 Å². The van der Waals surface area contributed by atoms with Crippen LogP contribution in [0.2, 0.25) is 0 Å². The summed E-state index contributed by atoms with van der Waals surface area (Å²) in [5, 5.41) is 2.65. The number of hydrogen-bond donors (Lipinski definition) is 1. The Kier molecular flexibility index (Phi) is 4.60. The number of hydrogen-bond acceptors (Lipinski definition) is 5. The quantitative estimate of drug-likeness (QED) is 0.862. The monoisotopic (exact) mass is 348 g/mol. The summed E-state index contributed by atoms with van der Waals surface area (Å²) in [6.45, 7) is 1.69. The zero-order chi connectivity index (χ0) is 15.6. The van der Waals surface area contributed by atoms with E-state index in [9.17, 15) is 17.6 Å². The molecule has 1 amide bonds. The van der Waals surface area contributed by atoms with E-state index in [0.29, 0.717) is 4.88 Å². The van der Waals surface area contributed by atoms with E-state index in [2.05, 4.69) is 10.3 Å². The fourth-order valence-electron chi connectivity index (χ4n) is 1.55. The maximum atomic E-state index is 12.7. The molecule has 112 valence electrons. The SMILES string of the molecule is CC(NC(=O)c1ccc(F)cn1)c1ccc(S(=O)(=O)Cl)s1. The summed E-state index contributed by atoms with van der Waals surface area (Å²) in [5.41, 5.74) is 0.0741. The van der Waals surface area contributed by atoms with E-state index in [1.807, 2.05) is 0 Å². The molecule has 0 aliphatic carbocycles. The van der Waals surface area contributed by atoms with Gasteiger partial charge in [0.2, 0.25) is 0 Å². The van der Waals surface area contributed by atoms with Crippen molar-refractivity contribution in [3.63, 3.8) is 0 Å². The molecule has 0 fully saturated rings. The van der Waals surface area contributed by atoms with Crippen LogP contribution in [0.4, 0.5) is 4.39 Å². The number of rotatable bonds is 4. The Hall–Kier alpha value is -1.51. The molecular formula is C12H10ClFN2O3S2. The molecule has 0 spiro atoms. The lowest BCUT2D eigenvalue weighted by atomic mass is 10.2. The van der Waals surface area contributed by atoms with Gasteiger partial charge in [-0.3, -0.25) is 4.79 Å². The van der Waals surface area contributed by atoms with Gasteiger partial charge in [-0.15, -0.1) is 11.3 Å². The number of thiophene rings is 1. The van der Waals surface area contributed by atoms with Crippen molar-refractivity contribution in [3.05, 3.63) is 46.9 Å². The van der Waals surface area contributed by atoms with E-state index in [0.717, 1.165) is 23.6 Å². The largest absolute Gasteiger partial charge is 0.343 e. The molecule has 0 bridgehead atoms. The second kappa shape index (κ2) is 6.08. The number of aromatic nitrogens is 1. The molecule has 2 rings (SSSR count). The van der Waals surface area contributed by atoms with Crippen molar-refractivity contribution in [1.82, 2.24) is 10.3 Å². The molecule has 1 N–H and O–H groups in total. The molecule has 5 nitrogen and oxygen atoms in total. The van der Waals surface area contributed by atoms with Crippen LogP contribution >= 0.6 is 22.0 Å². The summed E-state index contributed by atoms with van der Waals surface area (Å²) < 4.78 is 35.1. The van der Waals surface area contributed by atoms with E-state index in [1.165, 1.54) is 12.1 Å². The van der Waals surface area contributed by atoms with Gasteiger partial charge >= 0.3 is 0 Å². The van der Waals surface area contributed by atoms with Crippen molar-refractivity contribution < 1.29 is 17.6 Å². The molecule has 0 saturated carbocycles. The van der Waals surface area contributed by atoms with Crippen LogP contribution in [0.25, 0.3) is 0 Å². The lowest BCUT2D eigenvalue weighted by Gasteiger charge is -2.11. The number of halogens is 2. The van der Waals surface area contributed by atoms with Crippen LogP contribution in [0, 0.1) is 5.82 Å². The van der Waals surface area contributed by atoms with Gasteiger partial charge in [0.05, 0.1) is 12.2 Å². The predicted octanol–water partition coefficient (Wildman–Crippen LogP) is 2.70. The van der Waals surface area contributed by atoms with Crippen LogP contribution < -0.4 is 5.32 Å². The maximum Gasteiger partial charge on any atom is 0.270 e. The van der Waals surface area contributed by atoms with E-state index >= 15 is 0 Å². The zero-order valence-electron chi connectivity index (χ0n) is 10.7. The summed E-state index contributed by atoms with van der Waals surface area (Å²) in [7, 11) is 1.47. The first kappa shape index (κ1) is 15.9. The summed E-state index contributed by atoms with van der Waals surface area (Å²) in [5.74, 6) is -1.01. The Labute approximate surface area is 129 Å². The number of nitrogens with one attached hydrogen (secondary N) is 1. The van der Waals surface area contributed by atoms with Gasteiger partial charge in [0.15, 0.2) is 0 Å². The molecule has 0 aliphatic rings. The van der Waals surface area contributed by atoms with Gasteiger partial charge in [0, 0.05) is 15.6 Å². The van der Waals surface area contributed by atoms with Gasteiger partial charge in [-0.1, -0.05) is 0 Å². The van der Waals surface area contributed by atoms with E-state index in [4.69, 9.17) is 10.7 Å². The van der Waals surface area contributed by atoms with Crippen LogP contribution in [0.15, 0.2) is 34.7 Å². The smallest absolute Gasteiger partial charge is 0.270 e. The van der Waals surface area contributed by atoms with Crippen LogP contribution in [0.1, 0.15) is 28.3 Å². The topological polar surface area (TPSA) is 76.1 Å². The van der Waals surface area contributed by atoms with Crippen LogP contribution in [-0.2, 0) is 9.05 Å². The molecule has 1 atom stereocenters. The minimum absolute atomic E-state index is 0.0140. The predicted molar refractivity (Wildman–Crippen MR) is 77.4 cm³/mol. The standard InChI is InChI=1S/C12H10ClFN2O3S2/c1-7(10-4-5-11(20-10)21(13,18)19)16-12(17)9-3-2-8(14)6-15-9/h2-7H,1H3,(H,16,17). The molecular weight excluding hydrogens is 339 g/mol. The molecule has 1 unspecified atom stereocenters. The lowest BCUT2D eigenvalue weighted by molar-refractivity contribution is 0.0935. The molecule has 0 saturated heterocycles. The highest BCUT2D eigenvalue weighted by atomic mass is 35.7. The minimum Gasteiger partial charge on any atom is -0.343 e. The third kappa shape index (κ3) is 3.99. The van der Waals surface area contributed by atoms with Gasteiger partial charge < -0.3 is 5.32 Å². The number of nitrogens with zero attached hydrogens (tertiary/aromatic N) is 1. The number of carbonyl (C=O) groups is 1. The maximum absolute atomic E-state index is 12.7. The molecule has 2 heterocycles. The first-order chi connectivity index (χ1) is 9.77. The van der Waals surface area contributed by atoms with Crippen LogP contribution in [0.3, 0.4) is 0 Å². The summed E-state index contributed by atoms with van der Waals surface area (Å²) in [6, 6.07) is 4.92. The fraction of sp³-hybridized carbons (Fsp3) is 0.167. The molecule has 2 aromatic rings. The Bertz CT molecular complexity index is 759. The molecule has 0 radical (unpaired) electrons. The minimum atomic E-state index is -3.78. The number of carbonyl (C=O) groups excluding carboxylic acids is 1. The van der Waals surface area contributed by atoms with Crippen molar-refractivity contribution in [2.24, 2.45) is 0 Å². The third-order valence-corrected chi connectivity index (χ3v) is 5.94. The molecule has 2 aromatic heterocycles. The summed E-state index contributed by atoms with van der Waals surface area (Å²) in [4.78, 5) is 16.2. The highest BCUT2D eigenvalue weighted by Crippen LogP contribution is 2.28. The van der Waals surface area contributed by atoms with E-state index in [-0.39, 0.29) is 9.90 Å². The van der Waals surface area contributed by atoms with E-state index in [1.54, 1.807) is 13.0 Å². The van der Waals surface area contributed by atoms with Gasteiger partial charge in [-0.05, 0) is 31.2 Å². The van der Waals surface area contributed by atoms with Crippen LogP contribution in [-0.4, -0.2) is 19.3 Å². The lowest BCUT2D eigenvalue weighted by Crippen LogP contribution is -2.26. The summed E-state index contributed by atoms with van der Waals surface area (Å²) >= 11 is 0.973. The van der Waals surface area contributed by atoms with Crippen molar-refractivity contribution in [1.29, 1.82) is 0 Å². The van der Waals surface area contributed by atoms with Gasteiger partial charge in [-0.25, -0.2) is 17.8 Å². The third-order valence-electron chi connectivity index (χ3n) is 2.58. The zero-order valence-corrected chi connectivity index (χ0v) is 13.1. The highest BCUT2D eigenvalue weighted by Gasteiger charge is 2.18. The Balaban J connectivity index is 2.11. The Morgan fingerprint density at radius 2 is 2.10 bits per heavy atom.